The van der Waals surface area contributed by atoms with Gasteiger partial charge in [0.2, 0.25) is 5.95 Å². The molecule has 1 saturated heterocycles. The Morgan fingerprint density at radius 1 is 1.50 bits per heavy atom. The first kappa shape index (κ1) is 11.6. The van der Waals surface area contributed by atoms with Crippen molar-refractivity contribution < 1.29 is 0 Å². The van der Waals surface area contributed by atoms with Crippen LogP contribution >= 0.6 is 15.9 Å². The Labute approximate surface area is 104 Å². The predicted molar refractivity (Wildman–Crippen MR) is 68.4 cm³/mol. The van der Waals surface area contributed by atoms with Gasteiger partial charge in [-0.25, -0.2) is 4.98 Å². The lowest BCUT2D eigenvalue weighted by Crippen LogP contribution is -2.32. The highest BCUT2D eigenvalue weighted by molar-refractivity contribution is 9.10. The van der Waals surface area contributed by atoms with Gasteiger partial charge < -0.3 is 15.5 Å². The molecule has 1 unspecified atom stereocenters. The third kappa shape index (κ3) is 2.44. The summed E-state index contributed by atoms with van der Waals surface area (Å²) in [6.07, 6.45) is 1.14. The summed E-state index contributed by atoms with van der Waals surface area (Å²) in [5.74, 6) is 1.22. The van der Waals surface area contributed by atoms with Gasteiger partial charge in [0.15, 0.2) is 0 Å². The Bertz CT molecular complexity index is 361. The van der Waals surface area contributed by atoms with E-state index in [0.29, 0.717) is 11.9 Å². The fourth-order valence-electron chi connectivity index (χ4n) is 1.91. The number of nitrogens with two attached hydrogens (primary N) is 1. The zero-order valence-electron chi connectivity index (χ0n) is 9.52. The second-order valence-electron chi connectivity index (χ2n) is 4.27. The SMILES string of the molecule is CN(C)C1CCN(c2nc(N)cc(Br)n2)C1. The van der Waals surface area contributed by atoms with Gasteiger partial charge in [0.1, 0.15) is 10.4 Å². The summed E-state index contributed by atoms with van der Waals surface area (Å²) < 4.78 is 0.739. The van der Waals surface area contributed by atoms with E-state index < -0.39 is 0 Å². The van der Waals surface area contributed by atoms with Gasteiger partial charge in [-0.1, -0.05) is 0 Å². The maximum atomic E-state index is 5.70. The molecule has 1 fully saturated rings. The molecule has 0 amide bonds. The standard InChI is InChI=1S/C10H16BrN5/c1-15(2)7-3-4-16(6-7)10-13-8(11)5-9(12)14-10/h5,7H,3-4,6H2,1-2H3,(H2,12,13,14). The van der Waals surface area contributed by atoms with Crippen LogP contribution < -0.4 is 10.6 Å². The van der Waals surface area contributed by atoms with E-state index in [4.69, 9.17) is 5.73 Å². The van der Waals surface area contributed by atoms with Crippen LogP contribution in [0, 0.1) is 0 Å². The zero-order valence-corrected chi connectivity index (χ0v) is 11.1. The predicted octanol–water partition coefficient (Wildman–Crippen LogP) is 0.962. The van der Waals surface area contributed by atoms with Gasteiger partial charge in [0.05, 0.1) is 0 Å². The van der Waals surface area contributed by atoms with Crippen molar-refractivity contribution in [2.24, 2.45) is 0 Å². The smallest absolute Gasteiger partial charge is 0.228 e. The van der Waals surface area contributed by atoms with Crippen LogP contribution in [0.5, 0.6) is 0 Å². The van der Waals surface area contributed by atoms with Gasteiger partial charge in [-0.05, 0) is 36.4 Å². The molecule has 1 aromatic rings. The number of halogens is 1. The van der Waals surface area contributed by atoms with E-state index in [0.717, 1.165) is 30.1 Å². The maximum Gasteiger partial charge on any atom is 0.228 e. The Morgan fingerprint density at radius 3 is 2.81 bits per heavy atom. The number of hydrogen-bond donors (Lipinski definition) is 1. The fourth-order valence-corrected chi connectivity index (χ4v) is 2.30. The molecule has 16 heavy (non-hydrogen) atoms. The molecule has 88 valence electrons. The number of rotatable bonds is 2. The van der Waals surface area contributed by atoms with E-state index in [1.165, 1.54) is 0 Å². The molecular formula is C10H16BrN5. The van der Waals surface area contributed by atoms with Gasteiger partial charge in [-0.2, -0.15) is 4.98 Å². The molecule has 6 heteroatoms. The summed E-state index contributed by atoms with van der Waals surface area (Å²) >= 11 is 3.34. The molecule has 0 radical (unpaired) electrons. The first-order valence-corrected chi connectivity index (χ1v) is 6.07. The molecule has 1 atom stereocenters. The van der Waals surface area contributed by atoms with Crippen molar-refractivity contribution in [3.63, 3.8) is 0 Å². The molecule has 0 aromatic carbocycles. The largest absolute Gasteiger partial charge is 0.383 e. The lowest BCUT2D eigenvalue weighted by Gasteiger charge is -2.20. The minimum atomic E-state index is 0.505. The van der Waals surface area contributed by atoms with Gasteiger partial charge in [0.25, 0.3) is 0 Å². The van der Waals surface area contributed by atoms with E-state index >= 15 is 0 Å². The van der Waals surface area contributed by atoms with E-state index in [9.17, 15) is 0 Å². The van der Waals surface area contributed by atoms with Crippen LogP contribution in [0.3, 0.4) is 0 Å². The van der Waals surface area contributed by atoms with Crippen molar-refractivity contribution in [1.82, 2.24) is 14.9 Å². The van der Waals surface area contributed by atoms with Crippen LogP contribution in [0.15, 0.2) is 10.7 Å². The Morgan fingerprint density at radius 2 is 2.25 bits per heavy atom. The van der Waals surface area contributed by atoms with Crippen LogP contribution in [0.25, 0.3) is 0 Å². The Kier molecular flexibility index (Phi) is 3.30. The molecule has 1 aliphatic rings. The number of anilines is 2. The van der Waals surface area contributed by atoms with Crippen molar-refractivity contribution in [2.75, 3.05) is 37.8 Å². The van der Waals surface area contributed by atoms with Crippen LogP contribution in [0.1, 0.15) is 6.42 Å². The van der Waals surface area contributed by atoms with Crippen molar-refractivity contribution >= 4 is 27.7 Å². The summed E-state index contributed by atoms with van der Waals surface area (Å²) in [5, 5.41) is 0. The topological polar surface area (TPSA) is 58.3 Å². The number of nitrogen functional groups attached to an aromatic ring is 1. The Hall–Kier alpha value is -0.880. The van der Waals surface area contributed by atoms with E-state index in [1.54, 1.807) is 6.07 Å². The molecule has 0 saturated carbocycles. The fraction of sp³-hybridized carbons (Fsp3) is 0.600. The molecule has 0 spiro atoms. The number of aromatic nitrogens is 2. The quantitative estimate of drug-likeness (QED) is 0.821. The van der Waals surface area contributed by atoms with Crippen LogP contribution in [0.2, 0.25) is 0 Å². The second-order valence-corrected chi connectivity index (χ2v) is 5.08. The molecule has 0 bridgehead atoms. The normalized spacial score (nSPS) is 20.8. The highest BCUT2D eigenvalue weighted by Crippen LogP contribution is 2.21. The lowest BCUT2D eigenvalue weighted by atomic mass is 10.2. The number of likely N-dealkylation sites (N-methyl/N-ethyl adjacent to an activating group) is 1. The summed E-state index contributed by atoms with van der Waals surface area (Å²) in [6, 6.07) is 2.28. The van der Waals surface area contributed by atoms with Gasteiger partial charge in [-0.15, -0.1) is 0 Å². The first-order chi connectivity index (χ1) is 7.56. The maximum absolute atomic E-state index is 5.70. The summed E-state index contributed by atoms with van der Waals surface area (Å²) in [5.41, 5.74) is 5.70. The van der Waals surface area contributed by atoms with Crippen molar-refractivity contribution in [2.45, 2.75) is 12.5 Å². The summed E-state index contributed by atoms with van der Waals surface area (Å²) in [4.78, 5) is 13.0. The number of hydrogen-bond acceptors (Lipinski definition) is 5. The summed E-state index contributed by atoms with van der Waals surface area (Å²) in [6.45, 7) is 1.95. The molecule has 1 aromatic heterocycles. The minimum absolute atomic E-state index is 0.505. The monoisotopic (exact) mass is 285 g/mol. The molecule has 2 rings (SSSR count). The average Bonchev–Trinajstić information content (AvgIpc) is 2.64. The highest BCUT2D eigenvalue weighted by atomic mass is 79.9. The highest BCUT2D eigenvalue weighted by Gasteiger charge is 2.25. The molecule has 2 heterocycles. The van der Waals surface area contributed by atoms with E-state index in [-0.39, 0.29) is 0 Å². The van der Waals surface area contributed by atoms with Crippen LogP contribution in [-0.2, 0) is 0 Å². The van der Waals surface area contributed by atoms with Crippen LogP contribution in [0.4, 0.5) is 11.8 Å². The van der Waals surface area contributed by atoms with Crippen molar-refractivity contribution in [1.29, 1.82) is 0 Å². The third-order valence-corrected chi connectivity index (χ3v) is 3.29. The third-order valence-electron chi connectivity index (χ3n) is 2.88. The van der Waals surface area contributed by atoms with Gasteiger partial charge in [0, 0.05) is 25.2 Å². The second kappa shape index (κ2) is 4.55. The molecule has 1 aliphatic heterocycles. The zero-order chi connectivity index (χ0) is 11.7. The van der Waals surface area contributed by atoms with Gasteiger partial charge in [-0.3, -0.25) is 0 Å². The van der Waals surface area contributed by atoms with Crippen LogP contribution in [-0.4, -0.2) is 48.1 Å². The lowest BCUT2D eigenvalue weighted by molar-refractivity contribution is 0.315. The minimum Gasteiger partial charge on any atom is -0.383 e. The average molecular weight is 286 g/mol. The summed E-state index contributed by atoms with van der Waals surface area (Å²) in [7, 11) is 4.20. The van der Waals surface area contributed by atoms with E-state index in [2.05, 4.69) is 49.8 Å². The molecular weight excluding hydrogens is 270 g/mol. The van der Waals surface area contributed by atoms with Crippen molar-refractivity contribution in [3.8, 4) is 0 Å². The molecule has 2 N–H and O–H groups in total. The Balaban J connectivity index is 2.14. The van der Waals surface area contributed by atoms with Gasteiger partial charge >= 0.3 is 0 Å². The molecule has 5 nitrogen and oxygen atoms in total. The van der Waals surface area contributed by atoms with Crippen molar-refractivity contribution in [3.05, 3.63) is 10.7 Å². The molecule has 0 aliphatic carbocycles. The first-order valence-electron chi connectivity index (χ1n) is 5.27. The number of nitrogens with zero attached hydrogens (tertiary/aromatic N) is 4. The van der Waals surface area contributed by atoms with E-state index in [1.807, 2.05) is 0 Å².